The van der Waals surface area contributed by atoms with Crippen LogP contribution in [-0.2, 0) is 24.1 Å². The molecule has 4 aliphatic rings. The van der Waals surface area contributed by atoms with Gasteiger partial charge in [0.25, 0.3) is 8.53 Å². The number of methoxy groups -OCH3 is 2. The van der Waals surface area contributed by atoms with E-state index < -0.39 is 38.7 Å². The zero-order valence-electron chi connectivity index (χ0n) is 33.8. The second-order valence-electron chi connectivity index (χ2n) is 14.9. The SMILES string of the molecule is COc1ccc(C(OC[C@H]2O[C@@H](N3C=C4CCC5=C4C(=N3)C=NSC5)[C@H](F)[C@@H]2OP(OCCC#N)N(C(C)C)C(C)C)(c2ccccc2)c2ccc(OC)cc2)cc1. The van der Waals surface area contributed by atoms with E-state index in [0.717, 1.165) is 46.4 Å². The number of hydrazone groups is 1. The lowest BCUT2D eigenvalue weighted by Gasteiger charge is -2.39. The van der Waals surface area contributed by atoms with Crippen molar-refractivity contribution in [3.05, 3.63) is 118 Å². The van der Waals surface area contributed by atoms with Gasteiger partial charge >= 0.3 is 0 Å². The number of allylic oxidation sites excluding steroid dienone is 2. The van der Waals surface area contributed by atoms with Gasteiger partial charge in [0.1, 0.15) is 35.0 Å². The summed E-state index contributed by atoms with van der Waals surface area (Å²) in [6.45, 7) is 8.27. The molecular weight excluding hydrogens is 777 g/mol. The Labute approximate surface area is 346 Å². The molecule has 0 amide bonds. The Kier molecular flexibility index (Phi) is 13.7. The van der Waals surface area contributed by atoms with Gasteiger partial charge in [0.2, 0.25) is 0 Å². The van der Waals surface area contributed by atoms with Crippen molar-refractivity contribution in [2.45, 2.75) is 89.2 Å². The molecule has 0 N–H and O–H groups in total. The minimum absolute atomic E-state index is 0.00217. The Morgan fingerprint density at radius 2 is 1.59 bits per heavy atom. The van der Waals surface area contributed by atoms with Crippen LogP contribution in [0.1, 0.15) is 63.6 Å². The fourth-order valence-electron chi connectivity index (χ4n) is 8.01. The first-order valence-electron chi connectivity index (χ1n) is 19.7. The van der Waals surface area contributed by atoms with E-state index in [2.05, 4.69) is 42.8 Å². The van der Waals surface area contributed by atoms with Gasteiger partial charge in [-0.15, -0.1) is 0 Å². The molecule has 0 spiro atoms. The maximum atomic E-state index is 17.6. The van der Waals surface area contributed by atoms with Gasteiger partial charge < -0.3 is 28.0 Å². The number of rotatable bonds is 17. The van der Waals surface area contributed by atoms with Gasteiger partial charge in [-0.1, -0.05) is 54.6 Å². The van der Waals surface area contributed by atoms with Crippen LogP contribution in [0.2, 0.25) is 0 Å². The highest BCUT2D eigenvalue weighted by atomic mass is 32.2. The highest BCUT2D eigenvalue weighted by Gasteiger charge is 2.53. The number of halogens is 1. The maximum Gasteiger partial charge on any atom is 0.259 e. The third-order valence-corrected chi connectivity index (χ3v) is 13.5. The fraction of sp³-hybridized carbons (Fsp3) is 0.432. The van der Waals surface area contributed by atoms with E-state index in [9.17, 15) is 5.26 Å². The van der Waals surface area contributed by atoms with Crippen molar-refractivity contribution >= 4 is 32.4 Å². The Morgan fingerprint density at radius 3 is 2.19 bits per heavy atom. The van der Waals surface area contributed by atoms with Crippen LogP contribution >= 0.6 is 20.5 Å². The molecule has 3 aromatic rings. The van der Waals surface area contributed by atoms with Crippen LogP contribution in [0.15, 0.2) is 111 Å². The molecule has 1 unspecified atom stereocenters. The first kappa shape index (κ1) is 42.0. The molecular formula is C44H51FN5O6PS. The molecule has 3 aliphatic heterocycles. The molecule has 1 saturated heterocycles. The molecule has 3 heterocycles. The zero-order valence-corrected chi connectivity index (χ0v) is 35.5. The van der Waals surface area contributed by atoms with E-state index in [0.29, 0.717) is 17.2 Å². The molecule has 14 heteroatoms. The van der Waals surface area contributed by atoms with Crippen LogP contribution in [0.5, 0.6) is 11.5 Å². The molecule has 1 fully saturated rings. The molecule has 1 aliphatic carbocycles. The number of ether oxygens (including phenoxy) is 4. The van der Waals surface area contributed by atoms with E-state index in [1.165, 1.54) is 17.5 Å². The number of hydrogen-bond donors (Lipinski definition) is 0. The number of hydrogen-bond acceptors (Lipinski definition) is 12. The summed E-state index contributed by atoms with van der Waals surface area (Å²) in [7, 11) is 1.42. The van der Waals surface area contributed by atoms with Gasteiger partial charge in [-0.05, 0) is 105 Å². The van der Waals surface area contributed by atoms with Gasteiger partial charge in [0.05, 0.1) is 46.1 Å². The third kappa shape index (κ3) is 8.61. The Bertz CT molecular complexity index is 1990. The molecule has 0 aromatic heterocycles. The number of alkyl halides is 1. The van der Waals surface area contributed by atoms with Crippen LogP contribution in [0.25, 0.3) is 0 Å². The maximum absolute atomic E-state index is 17.6. The molecule has 306 valence electrons. The Hall–Kier alpha value is -4.12. The number of nitrogens with zero attached hydrogens (tertiary/aromatic N) is 5. The van der Waals surface area contributed by atoms with Gasteiger partial charge in [-0.25, -0.2) is 18.5 Å². The molecule has 0 bridgehead atoms. The van der Waals surface area contributed by atoms with Crippen LogP contribution in [0, 0.1) is 11.3 Å². The molecule has 11 nitrogen and oxygen atoms in total. The molecule has 7 rings (SSSR count). The Balaban J connectivity index is 1.30. The summed E-state index contributed by atoms with van der Waals surface area (Å²) in [6.07, 6.45) is 0.742. The van der Waals surface area contributed by atoms with E-state index in [1.807, 2.05) is 85.1 Å². The highest BCUT2D eigenvalue weighted by Crippen LogP contribution is 2.51. The minimum atomic E-state index is -1.84. The summed E-state index contributed by atoms with van der Waals surface area (Å²) < 4.78 is 62.4. The molecule has 0 saturated carbocycles. The van der Waals surface area contributed by atoms with Crippen molar-refractivity contribution in [2.75, 3.05) is 33.2 Å². The van der Waals surface area contributed by atoms with Crippen molar-refractivity contribution in [3.8, 4) is 17.6 Å². The lowest BCUT2D eigenvalue weighted by molar-refractivity contribution is -0.104. The molecule has 3 aromatic carbocycles. The van der Waals surface area contributed by atoms with E-state index in [-0.39, 0.29) is 31.7 Å². The van der Waals surface area contributed by atoms with Gasteiger partial charge in [-0.3, -0.25) is 0 Å². The van der Waals surface area contributed by atoms with Gasteiger partial charge in [0, 0.05) is 29.6 Å². The molecule has 58 heavy (non-hydrogen) atoms. The summed E-state index contributed by atoms with van der Waals surface area (Å²) in [4.78, 5) is 0. The van der Waals surface area contributed by atoms with Crippen molar-refractivity contribution in [1.82, 2.24) is 9.68 Å². The van der Waals surface area contributed by atoms with Crippen molar-refractivity contribution in [2.24, 2.45) is 9.50 Å². The summed E-state index contributed by atoms with van der Waals surface area (Å²) in [5, 5.41) is 15.9. The smallest absolute Gasteiger partial charge is 0.259 e. The predicted octanol–water partition coefficient (Wildman–Crippen LogP) is 9.11. The predicted molar refractivity (Wildman–Crippen MR) is 226 cm³/mol. The summed E-state index contributed by atoms with van der Waals surface area (Å²) in [6, 6.07) is 27.6. The first-order valence-corrected chi connectivity index (χ1v) is 21.7. The molecule has 0 radical (unpaired) electrons. The van der Waals surface area contributed by atoms with Crippen LogP contribution in [0.3, 0.4) is 0 Å². The quantitative estimate of drug-likeness (QED) is 0.0566. The third-order valence-electron chi connectivity index (χ3n) is 10.7. The fourth-order valence-corrected chi connectivity index (χ4v) is 10.5. The Morgan fingerprint density at radius 1 is 0.948 bits per heavy atom. The van der Waals surface area contributed by atoms with Crippen molar-refractivity contribution in [3.63, 3.8) is 0 Å². The summed E-state index contributed by atoms with van der Waals surface area (Å²) >= 11 is 1.50. The van der Waals surface area contributed by atoms with Gasteiger partial charge in [0.15, 0.2) is 12.4 Å². The van der Waals surface area contributed by atoms with Crippen molar-refractivity contribution < 1.29 is 32.4 Å². The standard InChI is InChI=1S/C44H51FN5O6PS/c1-29(2)50(30(3)4)57(54-24-10-23-46)56-42-39(55-43(41(42)45)49-26-31-13-14-32-28-58-47-25-38(48-49)40(31)32)27-53-44(33-11-8-7-9-12-33,34-15-19-36(51-5)20-16-34)35-17-21-37(52-6)22-18-35/h7-9,11-12,15-22,25-26,29-30,39,41-43H,10,13-14,24,27-28H2,1-6H3/t39-,41-,42-,43-,57?/m1/s1. The van der Waals surface area contributed by atoms with Crippen molar-refractivity contribution in [1.29, 1.82) is 5.26 Å². The average molecular weight is 828 g/mol. The minimum Gasteiger partial charge on any atom is -0.497 e. The largest absolute Gasteiger partial charge is 0.497 e. The normalized spacial score (nSPS) is 22.2. The van der Waals surface area contributed by atoms with E-state index in [4.69, 9.17) is 33.1 Å². The van der Waals surface area contributed by atoms with Crippen LogP contribution < -0.4 is 9.47 Å². The lowest BCUT2D eigenvalue weighted by Crippen LogP contribution is -2.42. The zero-order chi connectivity index (χ0) is 40.8. The second kappa shape index (κ2) is 18.9. The number of benzene rings is 3. The summed E-state index contributed by atoms with van der Waals surface area (Å²) in [5.41, 5.74) is 5.55. The first-order chi connectivity index (χ1) is 28.2. The summed E-state index contributed by atoms with van der Waals surface area (Å²) in [5.74, 6) is 2.21. The van der Waals surface area contributed by atoms with E-state index >= 15 is 4.39 Å². The highest BCUT2D eigenvalue weighted by molar-refractivity contribution is 7.98. The van der Waals surface area contributed by atoms with E-state index in [1.54, 1.807) is 25.4 Å². The average Bonchev–Trinajstić information content (AvgIpc) is 3.71. The molecule has 5 atom stereocenters. The second-order valence-corrected chi connectivity index (χ2v) is 17.1. The topological polar surface area (TPSA) is 110 Å². The number of nitriles is 1. The lowest BCUT2D eigenvalue weighted by atomic mass is 9.80. The van der Waals surface area contributed by atoms with Crippen LogP contribution in [0.4, 0.5) is 4.39 Å². The monoisotopic (exact) mass is 827 g/mol. The van der Waals surface area contributed by atoms with Crippen LogP contribution in [-0.4, -0.2) is 91.5 Å². The van der Waals surface area contributed by atoms with Gasteiger partial charge in [-0.2, -0.15) is 10.4 Å².